The second-order valence-electron chi connectivity index (χ2n) is 6.97. The summed E-state index contributed by atoms with van der Waals surface area (Å²) in [6.07, 6.45) is 16.8. The summed E-state index contributed by atoms with van der Waals surface area (Å²) in [5, 5.41) is 6.19. The molecule has 0 radical (unpaired) electrons. The molecule has 2 N–H and O–H groups in total. The highest BCUT2D eigenvalue weighted by Crippen LogP contribution is 2.14. The fraction of sp³-hybridized carbons (Fsp3) is 0.950. The number of nitrogens with one attached hydrogen (secondary N) is 2. The van der Waals surface area contributed by atoms with E-state index in [-0.39, 0.29) is 11.8 Å². The van der Waals surface area contributed by atoms with Crippen LogP contribution in [0.2, 0.25) is 0 Å². The highest BCUT2D eigenvalue weighted by Gasteiger charge is 2.11. The highest BCUT2D eigenvalue weighted by molar-refractivity contribution is 5.78. The van der Waals surface area contributed by atoms with Crippen LogP contribution in [0, 0.1) is 5.92 Å². The van der Waals surface area contributed by atoms with E-state index in [0.717, 1.165) is 32.4 Å². The third-order valence-corrected chi connectivity index (χ3v) is 4.59. The Hall–Kier alpha value is -0.570. The normalized spacial score (nSPS) is 12.3. The third kappa shape index (κ3) is 16.1. The van der Waals surface area contributed by atoms with E-state index in [0.29, 0.717) is 0 Å². The number of hydrogen-bond acceptors (Lipinski definition) is 2. The molecule has 0 saturated heterocycles. The first-order chi connectivity index (χ1) is 11.2. The zero-order valence-corrected chi connectivity index (χ0v) is 16.1. The summed E-state index contributed by atoms with van der Waals surface area (Å²) >= 11 is 0. The number of rotatable bonds is 17. The average molecular weight is 327 g/mol. The van der Waals surface area contributed by atoms with Gasteiger partial charge in [0, 0.05) is 12.5 Å². The van der Waals surface area contributed by atoms with Crippen molar-refractivity contribution in [2.45, 2.75) is 97.3 Å². The minimum atomic E-state index is 0.174. The molecule has 23 heavy (non-hydrogen) atoms. The summed E-state index contributed by atoms with van der Waals surface area (Å²) in [4.78, 5) is 11.9. The van der Waals surface area contributed by atoms with Crippen molar-refractivity contribution >= 4 is 5.91 Å². The number of amides is 1. The van der Waals surface area contributed by atoms with Crippen LogP contribution in [-0.2, 0) is 4.79 Å². The lowest BCUT2D eigenvalue weighted by Gasteiger charge is -2.12. The van der Waals surface area contributed by atoms with Gasteiger partial charge in [-0.3, -0.25) is 4.79 Å². The largest absolute Gasteiger partial charge is 0.356 e. The van der Waals surface area contributed by atoms with Crippen molar-refractivity contribution in [2.24, 2.45) is 5.92 Å². The lowest BCUT2D eigenvalue weighted by atomic mass is 10.0. The van der Waals surface area contributed by atoms with Crippen molar-refractivity contribution in [3.05, 3.63) is 0 Å². The second kappa shape index (κ2) is 17.8. The molecule has 1 unspecified atom stereocenters. The molecule has 3 nitrogen and oxygen atoms in total. The average Bonchev–Trinajstić information content (AvgIpc) is 2.56. The van der Waals surface area contributed by atoms with Crippen molar-refractivity contribution in [3.63, 3.8) is 0 Å². The Morgan fingerprint density at radius 2 is 1.30 bits per heavy atom. The molecular formula is C20H42N2O. The van der Waals surface area contributed by atoms with Gasteiger partial charge in [-0.25, -0.2) is 0 Å². The zero-order chi connectivity index (χ0) is 17.2. The molecule has 0 aliphatic rings. The summed E-state index contributed by atoms with van der Waals surface area (Å²) in [6, 6.07) is 0. The molecule has 0 rings (SSSR count). The fourth-order valence-electron chi connectivity index (χ4n) is 2.88. The van der Waals surface area contributed by atoms with Crippen LogP contribution in [0.4, 0.5) is 0 Å². The molecule has 0 bridgehead atoms. The highest BCUT2D eigenvalue weighted by atomic mass is 16.1. The van der Waals surface area contributed by atoms with E-state index in [1.807, 2.05) is 7.05 Å². The van der Waals surface area contributed by atoms with Gasteiger partial charge in [-0.1, -0.05) is 78.1 Å². The SMILES string of the molecule is CCCCCCCCCCCCC(C)C(=O)NCCCCNC. The molecule has 0 spiro atoms. The summed E-state index contributed by atoms with van der Waals surface area (Å²) in [6.45, 7) is 6.19. The van der Waals surface area contributed by atoms with Crippen LogP contribution in [0.3, 0.4) is 0 Å². The first-order valence-corrected chi connectivity index (χ1v) is 10.1. The Morgan fingerprint density at radius 3 is 1.87 bits per heavy atom. The van der Waals surface area contributed by atoms with E-state index >= 15 is 0 Å². The summed E-state index contributed by atoms with van der Waals surface area (Å²) in [7, 11) is 1.97. The van der Waals surface area contributed by atoms with E-state index in [9.17, 15) is 4.79 Å². The van der Waals surface area contributed by atoms with Gasteiger partial charge in [-0.2, -0.15) is 0 Å². The quantitative estimate of drug-likeness (QED) is 0.367. The zero-order valence-electron chi connectivity index (χ0n) is 16.1. The van der Waals surface area contributed by atoms with Gasteiger partial charge >= 0.3 is 0 Å². The standard InChI is InChI=1S/C20H42N2O/c1-4-5-6-7-8-9-10-11-12-13-16-19(2)20(23)22-18-15-14-17-21-3/h19,21H,4-18H2,1-3H3,(H,22,23). The molecule has 138 valence electrons. The Kier molecular flexibility index (Phi) is 17.3. The van der Waals surface area contributed by atoms with Crippen LogP contribution in [0.25, 0.3) is 0 Å². The lowest BCUT2D eigenvalue weighted by molar-refractivity contribution is -0.124. The maximum absolute atomic E-state index is 11.9. The molecule has 0 saturated carbocycles. The van der Waals surface area contributed by atoms with Crippen LogP contribution in [0.5, 0.6) is 0 Å². The molecule has 0 heterocycles. The van der Waals surface area contributed by atoms with Crippen LogP contribution < -0.4 is 10.6 Å². The Labute approximate surface area is 145 Å². The molecular weight excluding hydrogens is 284 g/mol. The Morgan fingerprint density at radius 1 is 0.783 bits per heavy atom. The van der Waals surface area contributed by atoms with Crippen LogP contribution in [-0.4, -0.2) is 26.0 Å². The summed E-state index contributed by atoms with van der Waals surface area (Å²) in [5.74, 6) is 0.415. The molecule has 0 fully saturated rings. The molecule has 0 aromatic heterocycles. The first kappa shape index (κ1) is 22.4. The molecule has 0 aliphatic carbocycles. The van der Waals surface area contributed by atoms with E-state index in [4.69, 9.17) is 0 Å². The molecule has 1 amide bonds. The maximum atomic E-state index is 11.9. The van der Waals surface area contributed by atoms with E-state index in [1.54, 1.807) is 0 Å². The van der Waals surface area contributed by atoms with Gasteiger partial charge < -0.3 is 10.6 Å². The van der Waals surface area contributed by atoms with Gasteiger partial charge in [0.25, 0.3) is 0 Å². The van der Waals surface area contributed by atoms with Crippen LogP contribution in [0.15, 0.2) is 0 Å². The fourth-order valence-corrected chi connectivity index (χ4v) is 2.88. The second-order valence-corrected chi connectivity index (χ2v) is 6.97. The topological polar surface area (TPSA) is 41.1 Å². The van der Waals surface area contributed by atoms with Crippen molar-refractivity contribution in [3.8, 4) is 0 Å². The number of hydrogen-bond donors (Lipinski definition) is 2. The van der Waals surface area contributed by atoms with E-state index in [2.05, 4.69) is 24.5 Å². The predicted molar refractivity (Wildman–Crippen MR) is 102 cm³/mol. The van der Waals surface area contributed by atoms with E-state index < -0.39 is 0 Å². The predicted octanol–water partition coefficient (Wildman–Crippen LogP) is 5.05. The van der Waals surface area contributed by atoms with E-state index in [1.165, 1.54) is 64.2 Å². The van der Waals surface area contributed by atoms with Gasteiger partial charge in [-0.15, -0.1) is 0 Å². The Balaban J connectivity index is 3.31. The van der Waals surface area contributed by atoms with Crippen molar-refractivity contribution in [1.82, 2.24) is 10.6 Å². The number of carbonyl (C=O) groups excluding carboxylic acids is 1. The smallest absolute Gasteiger partial charge is 0.222 e. The van der Waals surface area contributed by atoms with Gasteiger partial charge in [0.05, 0.1) is 0 Å². The van der Waals surface area contributed by atoms with Crippen molar-refractivity contribution in [1.29, 1.82) is 0 Å². The molecule has 0 aliphatic heterocycles. The maximum Gasteiger partial charge on any atom is 0.222 e. The number of carbonyl (C=O) groups is 1. The minimum Gasteiger partial charge on any atom is -0.356 e. The molecule has 1 atom stereocenters. The Bertz CT molecular complexity index is 256. The third-order valence-electron chi connectivity index (χ3n) is 4.59. The molecule has 0 aromatic rings. The first-order valence-electron chi connectivity index (χ1n) is 10.1. The summed E-state index contributed by atoms with van der Waals surface area (Å²) < 4.78 is 0. The molecule has 0 aromatic carbocycles. The van der Waals surface area contributed by atoms with Gasteiger partial charge in [-0.05, 0) is 32.9 Å². The van der Waals surface area contributed by atoms with Gasteiger partial charge in [0.15, 0.2) is 0 Å². The summed E-state index contributed by atoms with van der Waals surface area (Å²) in [5.41, 5.74) is 0. The van der Waals surface area contributed by atoms with Gasteiger partial charge in [0.2, 0.25) is 5.91 Å². The lowest BCUT2D eigenvalue weighted by Crippen LogP contribution is -2.30. The molecule has 3 heteroatoms. The monoisotopic (exact) mass is 326 g/mol. The minimum absolute atomic E-state index is 0.174. The van der Waals surface area contributed by atoms with Crippen LogP contribution in [0.1, 0.15) is 97.3 Å². The van der Waals surface area contributed by atoms with Gasteiger partial charge in [0.1, 0.15) is 0 Å². The van der Waals surface area contributed by atoms with Crippen LogP contribution >= 0.6 is 0 Å². The van der Waals surface area contributed by atoms with Crippen molar-refractivity contribution in [2.75, 3.05) is 20.1 Å². The van der Waals surface area contributed by atoms with Crippen molar-refractivity contribution < 1.29 is 4.79 Å². The number of unbranched alkanes of at least 4 members (excludes halogenated alkanes) is 10.